The molecule has 3 heteroatoms. The molecule has 0 spiro atoms. The van der Waals surface area contributed by atoms with Crippen LogP contribution in [0.25, 0.3) is 0 Å². The number of hydrogen-bond donors (Lipinski definition) is 1. The predicted molar refractivity (Wildman–Crippen MR) is 80.1 cm³/mol. The number of hydrogen-bond acceptors (Lipinski definition) is 3. The number of carbonyl (C=O) groups is 1. The van der Waals surface area contributed by atoms with Gasteiger partial charge in [0.15, 0.2) is 0 Å². The highest BCUT2D eigenvalue weighted by molar-refractivity contribution is 7.12. The molecule has 2 heterocycles. The largest absolute Gasteiger partial charge is 0.384 e. The zero-order valence-electron chi connectivity index (χ0n) is 11.0. The van der Waals surface area contributed by atoms with E-state index in [1.54, 1.807) is 11.3 Å². The number of thiophene rings is 1. The molecule has 98 valence electrons. The van der Waals surface area contributed by atoms with Gasteiger partial charge in [0, 0.05) is 28.4 Å². The van der Waals surface area contributed by atoms with Crippen molar-refractivity contribution in [1.82, 2.24) is 0 Å². The number of fused-ring (bicyclic) bond motifs is 1. The quantitative estimate of drug-likeness (QED) is 0.920. The lowest BCUT2D eigenvalue weighted by molar-refractivity contribution is -0.119. The number of rotatable bonds is 4. The minimum Gasteiger partial charge on any atom is -0.384 e. The molecule has 1 aromatic heterocycles. The van der Waals surface area contributed by atoms with Crippen LogP contribution in [-0.2, 0) is 17.6 Å². The van der Waals surface area contributed by atoms with Crippen molar-refractivity contribution < 1.29 is 4.79 Å². The average molecular weight is 271 g/mol. The fourth-order valence-electron chi connectivity index (χ4n) is 2.57. The number of benzene rings is 1. The second-order valence-electron chi connectivity index (χ2n) is 4.89. The van der Waals surface area contributed by atoms with Gasteiger partial charge in [-0.3, -0.25) is 4.79 Å². The zero-order valence-corrected chi connectivity index (χ0v) is 11.8. The Kier molecular flexibility index (Phi) is 3.38. The van der Waals surface area contributed by atoms with Crippen LogP contribution in [0.15, 0.2) is 36.4 Å². The Bertz CT molecular complexity index is 602. The third-order valence-electron chi connectivity index (χ3n) is 3.64. The van der Waals surface area contributed by atoms with Gasteiger partial charge in [-0.2, -0.15) is 0 Å². The first-order chi connectivity index (χ1) is 9.28. The Balaban J connectivity index is 1.75. The Morgan fingerprint density at radius 3 is 2.84 bits per heavy atom. The number of anilines is 1. The summed E-state index contributed by atoms with van der Waals surface area (Å²) >= 11 is 1.76. The molecule has 1 aromatic carbocycles. The number of carbonyl (C=O) groups excluding carboxylic acids is 1. The summed E-state index contributed by atoms with van der Waals surface area (Å²) in [6.45, 7) is 2.89. The summed E-state index contributed by atoms with van der Waals surface area (Å²) in [5.41, 5.74) is 2.26. The predicted octanol–water partition coefficient (Wildman–Crippen LogP) is 3.63. The molecule has 3 rings (SSSR count). The first-order valence-electron chi connectivity index (χ1n) is 6.71. The molecule has 2 aromatic rings. The fraction of sp³-hybridized carbons (Fsp3) is 0.312. The van der Waals surface area contributed by atoms with Gasteiger partial charge < -0.3 is 5.32 Å². The first kappa shape index (κ1) is 12.4. The summed E-state index contributed by atoms with van der Waals surface area (Å²) in [6, 6.07) is 12.3. The van der Waals surface area contributed by atoms with Gasteiger partial charge >= 0.3 is 0 Å². The van der Waals surface area contributed by atoms with Crippen molar-refractivity contribution in [1.29, 1.82) is 0 Å². The van der Waals surface area contributed by atoms with Gasteiger partial charge in [-0.1, -0.05) is 25.1 Å². The van der Waals surface area contributed by atoms with Gasteiger partial charge in [-0.05, 0) is 30.2 Å². The number of para-hydroxylation sites is 1. The molecule has 0 radical (unpaired) electrons. The monoisotopic (exact) mass is 271 g/mol. The molecule has 0 fully saturated rings. The maximum absolute atomic E-state index is 12.4. The van der Waals surface area contributed by atoms with Crippen LogP contribution in [0.1, 0.15) is 28.2 Å². The van der Waals surface area contributed by atoms with Crippen LogP contribution < -0.4 is 5.32 Å². The Morgan fingerprint density at radius 1 is 1.26 bits per heavy atom. The third-order valence-corrected chi connectivity index (χ3v) is 4.87. The van der Waals surface area contributed by atoms with Gasteiger partial charge in [-0.15, -0.1) is 11.3 Å². The maximum atomic E-state index is 12.4. The van der Waals surface area contributed by atoms with Gasteiger partial charge in [-0.25, -0.2) is 0 Å². The molecule has 1 N–H and O–H groups in total. The molecule has 1 atom stereocenters. The minimum atomic E-state index is 0.0170. The van der Waals surface area contributed by atoms with Crippen LogP contribution in [-0.4, -0.2) is 12.3 Å². The molecule has 19 heavy (non-hydrogen) atoms. The molecule has 1 aliphatic heterocycles. The van der Waals surface area contributed by atoms with Crippen molar-refractivity contribution in [2.45, 2.75) is 25.7 Å². The lowest BCUT2D eigenvalue weighted by Gasteiger charge is -2.07. The Labute approximate surface area is 117 Å². The van der Waals surface area contributed by atoms with E-state index in [-0.39, 0.29) is 5.92 Å². The van der Waals surface area contributed by atoms with Crippen LogP contribution in [0.4, 0.5) is 5.69 Å². The molecule has 0 bridgehead atoms. The van der Waals surface area contributed by atoms with E-state index >= 15 is 0 Å². The third kappa shape index (κ3) is 2.43. The minimum absolute atomic E-state index is 0.0170. The van der Waals surface area contributed by atoms with Crippen molar-refractivity contribution in [3.05, 3.63) is 51.7 Å². The van der Waals surface area contributed by atoms with Gasteiger partial charge in [0.2, 0.25) is 0 Å². The zero-order chi connectivity index (χ0) is 13.2. The molecule has 1 unspecified atom stereocenters. The summed E-state index contributed by atoms with van der Waals surface area (Å²) in [6.07, 6.45) is 1.61. The lowest BCUT2D eigenvalue weighted by Crippen LogP contribution is -2.16. The van der Waals surface area contributed by atoms with Crippen LogP contribution in [0, 0.1) is 0 Å². The molecule has 0 saturated carbocycles. The highest BCUT2D eigenvalue weighted by Crippen LogP contribution is 2.32. The summed E-state index contributed by atoms with van der Waals surface area (Å²) in [5.74, 6) is 0.338. The van der Waals surface area contributed by atoms with Crippen molar-refractivity contribution >= 4 is 22.8 Å². The van der Waals surface area contributed by atoms with Crippen molar-refractivity contribution in [2.24, 2.45) is 0 Å². The summed E-state index contributed by atoms with van der Waals surface area (Å²) in [7, 11) is 0. The van der Waals surface area contributed by atoms with Gasteiger partial charge in [0.25, 0.3) is 0 Å². The summed E-state index contributed by atoms with van der Waals surface area (Å²) in [4.78, 5) is 15.0. The highest BCUT2D eigenvalue weighted by Gasteiger charge is 2.27. The first-order valence-corrected chi connectivity index (χ1v) is 7.52. The smallest absolute Gasteiger partial charge is 0.147 e. The standard InChI is InChI=1S/C16H17NOS/c1-2-11-7-8-12(19-11)9-16(18)14-10-17-15-6-4-3-5-13(14)15/h3-8,14,17H,2,9-10H2,1H3. The molecule has 1 aliphatic rings. The summed E-state index contributed by atoms with van der Waals surface area (Å²) < 4.78 is 0. The van der Waals surface area contributed by atoms with Crippen molar-refractivity contribution in [2.75, 3.05) is 11.9 Å². The van der Waals surface area contributed by atoms with Crippen LogP contribution >= 0.6 is 11.3 Å². The number of Topliss-reactive ketones (excluding diaryl/α,β-unsaturated/α-hetero) is 1. The SMILES string of the molecule is CCc1ccc(CC(=O)C2CNc3ccccc32)s1. The molecular weight excluding hydrogens is 254 g/mol. The van der Waals surface area contributed by atoms with Crippen molar-refractivity contribution in [3.8, 4) is 0 Å². The lowest BCUT2D eigenvalue weighted by atomic mass is 9.95. The van der Waals surface area contributed by atoms with E-state index in [1.165, 1.54) is 9.75 Å². The van der Waals surface area contributed by atoms with E-state index in [0.29, 0.717) is 12.2 Å². The van der Waals surface area contributed by atoms with E-state index in [0.717, 1.165) is 24.2 Å². The normalized spacial score (nSPS) is 17.0. The van der Waals surface area contributed by atoms with Crippen LogP contribution in [0.2, 0.25) is 0 Å². The van der Waals surface area contributed by atoms with E-state index in [4.69, 9.17) is 0 Å². The van der Waals surface area contributed by atoms with E-state index < -0.39 is 0 Å². The number of ketones is 1. The number of nitrogens with one attached hydrogen (secondary N) is 1. The Hall–Kier alpha value is -1.61. The van der Waals surface area contributed by atoms with E-state index in [9.17, 15) is 4.79 Å². The highest BCUT2D eigenvalue weighted by atomic mass is 32.1. The van der Waals surface area contributed by atoms with Crippen LogP contribution in [0.3, 0.4) is 0 Å². The van der Waals surface area contributed by atoms with Crippen LogP contribution in [0.5, 0.6) is 0 Å². The molecule has 0 saturated heterocycles. The second kappa shape index (κ2) is 5.17. The molecule has 0 aliphatic carbocycles. The van der Waals surface area contributed by atoms with Crippen molar-refractivity contribution in [3.63, 3.8) is 0 Å². The number of aryl methyl sites for hydroxylation is 1. The fourth-order valence-corrected chi connectivity index (χ4v) is 3.54. The van der Waals surface area contributed by atoms with E-state index in [2.05, 4.69) is 30.4 Å². The van der Waals surface area contributed by atoms with E-state index in [1.807, 2.05) is 18.2 Å². The molecule has 2 nitrogen and oxygen atoms in total. The average Bonchev–Trinajstić information content (AvgIpc) is 3.04. The molecule has 0 amide bonds. The summed E-state index contributed by atoms with van der Waals surface area (Å²) in [5, 5.41) is 3.32. The maximum Gasteiger partial charge on any atom is 0.147 e. The topological polar surface area (TPSA) is 29.1 Å². The Morgan fingerprint density at radius 2 is 2.05 bits per heavy atom. The van der Waals surface area contributed by atoms with Gasteiger partial charge in [0.1, 0.15) is 5.78 Å². The molecular formula is C16H17NOS. The van der Waals surface area contributed by atoms with Gasteiger partial charge in [0.05, 0.1) is 5.92 Å². The second-order valence-corrected chi connectivity index (χ2v) is 6.14.